The molecule has 0 aromatic rings. The van der Waals surface area contributed by atoms with E-state index in [0.717, 1.165) is 13.1 Å². The highest BCUT2D eigenvalue weighted by atomic mass is 16.1. The van der Waals surface area contributed by atoms with Crippen molar-refractivity contribution in [3.05, 3.63) is 12.2 Å². The van der Waals surface area contributed by atoms with Gasteiger partial charge in [-0.1, -0.05) is 27.4 Å². The first-order valence-corrected chi connectivity index (χ1v) is 5.03. The molecule has 0 unspecified atom stereocenters. The number of amides is 1. The number of carbonyl (C=O) groups is 1. The first-order chi connectivity index (χ1) is 6.39. The van der Waals surface area contributed by atoms with Gasteiger partial charge in [-0.25, -0.2) is 0 Å². The second-order valence-electron chi connectivity index (χ2n) is 4.41. The van der Waals surface area contributed by atoms with Crippen LogP contribution in [0, 0.1) is 5.41 Å². The molecule has 0 saturated heterocycles. The zero-order chi connectivity index (χ0) is 11.2. The molecule has 0 radical (unpaired) electrons. The predicted octanol–water partition coefficient (Wildman–Crippen LogP) is 1.31. The molecule has 0 aromatic heterocycles. The highest BCUT2D eigenvalue weighted by Crippen LogP contribution is 2.11. The minimum atomic E-state index is -0.0606. The smallest absolute Gasteiger partial charge is 0.246 e. The zero-order valence-corrected chi connectivity index (χ0v) is 9.74. The van der Waals surface area contributed by atoms with Crippen LogP contribution in [0.3, 0.4) is 0 Å². The molecule has 0 rings (SSSR count). The molecule has 0 spiro atoms. The Morgan fingerprint density at radius 2 is 1.93 bits per heavy atom. The van der Waals surface area contributed by atoms with Crippen molar-refractivity contribution in [2.75, 3.05) is 19.6 Å². The maximum Gasteiger partial charge on any atom is 0.246 e. The van der Waals surface area contributed by atoms with E-state index in [4.69, 9.17) is 0 Å². The molecular weight excluding hydrogens is 176 g/mol. The average molecular weight is 198 g/mol. The number of rotatable bonds is 6. The molecule has 82 valence electrons. The minimum absolute atomic E-state index is 0.0606. The molecule has 0 aliphatic rings. The molecule has 14 heavy (non-hydrogen) atoms. The number of hydrogen-bond acceptors (Lipinski definition) is 2. The van der Waals surface area contributed by atoms with Crippen LogP contribution in [0.4, 0.5) is 0 Å². The lowest BCUT2D eigenvalue weighted by Crippen LogP contribution is -2.40. The summed E-state index contributed by atoms with van der Waals surface area (Å²) < 4.78 is 0. The highest BCUT2D eigenvalue weighted by molar-refractivity contribution is 5.92. The summed E-state index contributed by atoms with van der Waals surface area (Å²) in [6, 6.07) is 0. The van der Waals surface area contributed by atoms with Gasteiger partial charge < -0.3 is 10.6 Å². The van der Waals surface area contributed by atoms with Crippen molar-refractivity contribution in [1.29, 1.82) is 0 Å². The summed E-state index contributed by atoms with van der Waals surface area (Å²) in [5.74, 6) is -0.0606. The van der Waals surface area contributed by atoms with E-state index in [-0.39, 0.29) is 11.3 Å². The third kappa shape index (κ3) is 5.75. The van der Waals surface area contributed by atoms with Crippen LogP contribution in [-0.2, 0) is 4.79 Å². The van der Waals surface area contributed by atoms with E-state index in [1.54, 1.807) is 6.92 Å². The van der Waals surface area contributed by atoms with Crippen LogP contribution in [0.1, 0.15) is 27.7 Å². The van der Waals surface area contributed by atoms with Gasteiger partial charge in [0.2, 0.25) is 5.91 Å². The summed E-state index contributed by atoms with van der Waals surface area (Å²) in [7, 11) is 0. The molecule has 0 aromatic carbocycles. The predicted molar refractivity (Wildman–Crippen MR) is 60.1 cm³/mol. The van der Waals surface area contributed by atoms with Gasteiger partial charge in [0.25, 0.3) is 0 Å². The third-order valence-electron chi connectivity index (χ3n) is 1.97. The second kappa shape index (κ2) is 5.81. The number of carbonyl (C=O) groups excluding carboxylic acids is 1. The molecule has 3 nitrogen and oxygen atoms in total. The van der Waals surface area contributed by atoms with Gasteiger partial charge in [0.15, 0.2) is 0 Å². The highest BCUT2D eigenvalue weighted by Gasteiger charge is 2.17. The Bertz CT molecular complexity index is 209. The van der Waals surface area contributed by atoms with Crippen molar-refractivity contribution < 1.29 is 4.79 Å². The molecule has 0 aliphatic carbocycles. The fourth-order valence-electron chi connectivity index (χ4n) is 0.996. The van der Waals surface area contributed by atoms with Crippen LogP contribution < -0.4 is 10.6 Å². The standard InChI is InChI=1S/C11H22N2O/c1-6-12-7-11(4,5)8-13-10(14)9(2)3/h12H,2,6-8H2,1,3-5H3,(H,13,14). The van der Waals surface area contributed by atoms with Crippen molar-refractivity contribution in [3.8, 4) is 0 Å². The van der Waals surface area contributed by atoms with Gasteiger partial charge in [-0.2, -0.15) is 0 Å². The summed E-state index contributed by atoms with van der Waals surface area (Å²) in [6.07, 6.45) is 0. The van der Waals surface area contributed by atoms with E-state index < -0.39 is 0 Å². The Morgan fingerprint density at radius 1 is 1.36 bits per heavy atom. The monoisotopic (exact) mass is 198 g/mol. The summed E-state index contributed by atoms with van der Waals surface area (Å²) in [6.45, 7) is 14.1. The lowest BCUT2D eigenvalue weighted by atomic mass is 9.93. The Balaban J connectivity index is 3.86. The van der Waals surface area contributed by atoms with Gasteiger partial charge in [0.1, 0.15) is 0 Å². The fraction of sp³-hybridized carbons (Fsp3) is 0.727. The average Bonchev–Trinajstić information content (AvgIpc) is 2.11. The van der Waals surface area contributed by atoms with Gasteiger partial charge in [-0.3, -0.25) is 4.79 Å². The normalized spacial score (nSPS) is 11.1. The maximum absolute atomic E-state index is 11.2. The summed E-state index contributed by atoms with van der Waals surface area (Å²) in [5.41, 5.74) is 0.644. The van der Waals surface area contributed by atoms with E-state index in [0.29, 0.717) is 12.1 Å². The molecule has 2 N–H and O–H groups in total. The lowest BCUT2D eigenvalue weighted by Gasteiger charge is -2.25. The van der Waals surface area contributed by atoms with Crippen LogP contribution in [-0.4, -0.2) is 25.5 Å². The van der Waals surface area contributed by atoms with E-state index in [1.807, 2.05) is 0 Å². The Labute approximate surface area is 87.0 Å². The molecule has 1 amide bonds. The van der Waals surface area contributed by atoms with Crippen LogP contribution in [0.25, 0.3) is 0 Å². The van der Waals surface area contributed by atoms with E-state index in [2.05, 4.69) is 38.0 Å². The summed E-state index contributed by atoms with van der Waals surface area (Å²) in [5, 5.41) is 6.12. The molecule has 0 heterocycles. The molecule has 0 aliphatic heterocycles. The van der Waals surface area contributed by atoms with Crippen LogP contribution in [0.5, 0.6) is 0 Å². The largest absolute Gasteiger partial charge is 0.352 e. The van der Waals surface area contributed by atoms with Gasteiger partial charge in [-0.05, 0) is 18.9 Å². The molecule has 0 saturated carbocycles. The molecule has 3 heteroatoms. The van der Waals surface area contributed by atoms with E-state index in [1.165, 1.54) is 0 Å². The molecular formula is C11H22N2O. The first-order valence-electron chi connectivity index (χ1n) is 5.03. The number of nitrogens with one attached hydrogen (secondary N) is 2. The topological polar surface area (TPSA) is 41.1 Å². The van der Waals surface area contributed by atoms with Crippen LogP contribution in [0.2, 0.25) is 0 Å². The first kappa shape index (κ1) is 13.2. The molecule has 0 fully saturated rings. The van der Waals surface area contributed by atoms with Gasteiger partial charge >= 0.3 is 0 Å². The summed E-state index contributed by atoms with van der Waals surface area (Å²) in [4.78, 5) is 11.2. The quantitative estimate of drug-likeness (QED) is 0.632. The number of hydrogen-bond donors (Lipinski definition) is 2. The van der Waals surface area contributed by atoms with Crippen molar-refractivity contribution in [2.45, 2.75) is 27.7 Å². The van der Waals surface area contributed by atoms with Crippen molar-refractivity contribution in [2.24, 2.45) is 5.41 Å². The van der Waals surface area contributed by atoms with Crippen LogP contribution in [0.15, 0.2) is 12.2 Å². The SMILES string of the molecule is C=C(C)C(=O)NCC(C)(C)CNCC. The van der Waals surface area contributed by atoms with Gasteiger partial charge in [0.05, 0.1) is 0 Å². The van der Waals surface area contributed by atoms with Crippen LogP contribution >= 0.6 is 0 Å². The Hall–Kier alpha value is -0.830. The zero-order valence-electron chi connectivity index (χ0n) is 9.74. The van der Waals surface area contributed by atoms with Crippen molar-refractivity contribution >= 4 is 5.91 Å². The third-order valence-corrected chi connectivity index (χ3v) is 1.97. The lowest BCUT2D eigenvalue weighted by molar-refractivity contribution is -0.117. The van der Waals surface area contributed by atoms with E-state index in [9.17, 15) is 4.79 Å². The fourth-order valence-corrected chi connectivity index (χ4v) is 0.996. The molecule has 0 atom stereocenters. The second-order valence-corrected chi connectivity index (χ2v) is 4.41. The van der Waals surface area contributed by atoms with E-state index >= 15 is 0 Å². The maximum atomic E-state index is 11.2. The van der Waals surface area contributed by atoms with Gasteiger partial charge in [-0.15, -0.1) is 0 Å². The summed E-state index contributed by atoms with van der Waals surface area (Å²) >= 11 is 0. The minimum Gasteiger partial charge on any atom is -0.352 e. The molecule has 0 bridgehead atoms. The van der Waals surface area contributed by atoms with Gasteiger partial charge in [0, 0.05) is 18.7 Å². The van der Waals surface area contributed by atoms with Crippen molar-refractivity contribution in [3.63, 3.8) is 0 Å². The Kier molecular flexibility index (Phi) is 5.46. The Morgan fingerprint density at radius 3 is 2.36 bits per heavy atom. The van der Waals surface area contributed by atoms with Crippen molar-refractivity contribution in [1.82, 2.24) is 10.6 Å².